The number of ether oxygens (including phenoxy) is 1. The molecule has 0 saturated carbocycles. The van der Waals surface area contributed by atoms with E-state index in [-0.39, 0.29) is 0 Å². The molecule has 1 aromatic rings. The number of nitrogens with zero attached hydrogens (tertiary/aromatic N) is 1. The molecule has 1 fully saturated rings. The molecule has 0 spiro atoms. The van der Waals surface area contributed by atoms with Crippen LogP contribution in [0.15, 0.2) is 24.3 Å². The lowest BCUT2D eigenvalue weighted by Gasteiger charge is -2.24. The Labute approximate surface area is 111 Å². The van der Waals surface area contributed by atoms with Crippen LogP contribution in [0.3, 0.4) is 0 Å². The molecule has 1 aliphatic rings. The maximum atomic E-state index is 5.36. The number of hydrogen-bond donors (Lipinski definition) is 0. The van der Waals surface area contributed by atoms with Gasteiger partial charge in [-0.25, -0.2) is 0 Å². The maximum Gasteiger partial charge on any atom is 0.119 e. The van der Waals surface area contributed by atoms with E-state index >= 15 is 0 Å². The zero-order valence-corrected chi connectivity index (χ0v) is 11.9. The van der Waals surface area contributed by atoms with Gasteiger partial charge in [0.2, 0.25) is 0 Å². The molecule has 0 aliphatic carbocycles. The van der Waals surface area contributed by atoms with Crippen LogP contribution in [0.5, 0.6) is 5.75 Å². The minimum absolute atomic E-state index is 0.690. The van der Waals surface area contributed by atoms with Gasteiger partial charge in [0.25, 0.3) is 0 Å². The van der Waals surface area contributed by atoms with Gasteiger partial charge >= 0.3 is 0 Å². The van der Waals surface area contributed by atoms with Crippen LogP contribution in [0.4, 0.5) is 0 Å². The van der Waals surface area contributed by atoms with E-state index in [1.54, 1.807) is 7.11 Å². The Kier molecular flexibility index (Phi) is 4.65. The molecule has 2 atom stereocenters. The molecule has 0 unspecified atom stereocenters. The van der Waals surface area contributed by atoms with E-state index < -0.39 is 0 Å². The van der Waals surface area contributed by atoms with E-state index in [9.17, 15) is 0 Å². The third kappa shape index (κ3) is 3.05. The monoisotopic (exact) mass is 247 g/mol. The van der Waals surface area contributed by atoms with Crippen molar-refractivity contribution in [3.05, 3.63) is 29.8 Å². The fourth-order valence-corrected chi connectivity index (χ4v) is 3.16. The molecule has 1 aliphatic heterocycles. The summed E-state index contributed by atoms with van der Waals surface area (Å²) in [5, 5.41) is 0. The number of hydrogen-bond acceptors (Lipinski definition) is 2. The van der Waals surface area contributed by atoms with Crippen LogP contribution in [0.1, 0.15) is 37.7 Å². The molecule has 1 saturated heterocycles. The van der Waals surface area contributed by atoms with E-state index in [0.717, 1.165) is 11.7 Å². The van der Waals surface area contributed by atoms with Gasteiger partial charge in [-0.3, -0.25) is 0 Å². The summed E-state index contributed by atoms with van der Waals surface area (Å²) < 4.78 is 5.36. The van der Waals surface area contributed by atoms with Gasteiger partial charge in [0.15, 0.2) is 0 Å². The molecule has 0 bridgehead atoms. The summed E-state index contributed by atoms with van der Waals surface area (Å²) in [6, 6.07) is 8.64. The molecule has 2 rings (SSSR count). The van der Waals surface area contributed by atoms with E-state index in [2.05, 4.69) is 37.1 Å². The highest BCUT2D eigenvalue weighted by Gasteiger charge is 2.28. The summed E-state index contributed by atoms with van der Waals surface area (Å²) in [5.41, 5.74) is 1.46. The Morgan fingerprint density at radius 2 is 2.28 bits per heavy atom. The van der Waals surface area contributed by atoms with Crippen LogP contribution in [-0.4, -0.2) is 32.1 Å². The minimum atomic E-state index is 0.690. The zero-order chi connectivity index (χ0) is 13.0. The van der Waals surface area contributed by atoms with Crippen molar-refractivity contribution in [3.63, 3.8) is 0 Å². The van der Waals surface area contributed by atoms with Crippen LogP contribution in [-0.2, 0) is 0 Å². The van der Waals surface area contributed by atoms with Crippen LogP contribution in [0.2, 0.25) is 0 Å². The molecule has 2 nitrogen and oxygen atoms in total. The third-order valence-electron chi connectivity index (χ3n) is 4.12. The Balaban J connectivity index is 2.17. The number of benzene rings is 1. The van der Waals surface area contributed by atoms with Gasteiger partial charge in [-0.15, -0.1) is 0 Å². The molecule has 100 valence electrons. The first-order valence-corrected chi connectivity index (χ1v) is 7.07. The van der Waals surface area contributed by atoms with Crippen molar-refractivity contribution < 1.29 is 4.74 Å². The second kappa shape index (κ2) is 6.24. The molecular formula is C16H25NO. The van der Waals surface area contributed by atoms with Crippen molar-refractivity contribution in [2.45, 2.75) is 32.1 Å². The highest BCUT2D eigenvalue weighted by atomic mass is 16.5. The summed E-state index contributed by atoms with van der Waals surface area (Å²) in [6.07, 6.45) is 3.87. The van der Waals surface area contributed by atoms with E-state index in [1.165, 1.54) is 37.9 Å². The summed E-state index contributed by atoms with van der Waals surface area (Å²) in [6.45, 7) is 4.77. The molecular weight excluding hydrogens is 222 g/mol. The Hall–Kier alpha value is -1.02. The first-order chi connectivity index (χ1) is 8.74. The average Bonchev–Trinajstić information content (AvgIpc) is 2.82. The predicted octanol–water partition coefficient (Wildman–Crippen LogP) is 3.53. The van der Waals surface area contributed by atoms with E-state index in [0.29, 0.717) is 5.92 Å². The molecule has 0 aromatic heterocycles. The highest BCUT2D eigenvalue weighted by molar-refractivity contribution is 5.31. The minimum Gasteiger partial charge on any atom is -0.497 e. The quantitative estimate of drug-likeness (QED) is 0.789. The first-order valence-electron chi connectivity index (χ1n) is 7.07. The molecule has 18 heavy (non-hydrogen) atoms. The fourth-order valence-electron chi connectivity index (χ4n) is 3.16. The topological polar surface area (TPSA) is 12.5 Å². The lowest BCUT2D eigenvalue weighted by Crippen LogP contribution is -2.18. The van der Waals surface area contributed by atoms with Crippen molar-refractivity contribution in [2.24, 2.45) is 5.92 Å². The first kappa shape index (κ1) is 13.4. The van der Waals surface area contributed by atoms with Gasteiger partial charge in [-0.2, -0.15) is 0 Å². The molecule has 2 heteroatoms. The Bertz CT molecular complexity index is 377. The zero-order valence-electron chi connectivity index (χ0n) is 11.9. The van der Waals surface area contributed by atoms with Crippen molar-refractivity contribution in [2.75, 3.05) is 27.2 Å². The number of methoxy groups -OCH3 is 1. The second-order valence-electron chi connectivity index (χ2n) is 5.48. The lowest BCUT2D eigenvalue weighted by molar-refractivity contribution is 0.358. The normalized spacial score (nSPS) is 22.1. The smallest absolute Gasteiger partial charge is 0.119 e. The molecule has 1 aromatic carbocycles. The lowest BCUT2D eigenvalue weighted by atomic mass is 9.82. The van der Waals surface area contributed by atoms with Gasteiger partial charge in [-0.05, 0) is 56.0 Å². The molecule has 1 heterocycles. The van der Waals surface area contributed by atoms with Crippen LogP contribution in [0.25, 0.3) is 0 Å². The van der Waals surface area contributed by atoms with E-state index in [4.69, 9.17) is 4.74 Å². The van der Waals surface area contributed by atoms with Crippen LogP contribution >= 0.6 is 0 Å². The van der Waals surface area contributed by atoms with Crippen molar-refractivity contribution >= 4 is 0 Å². The number of likely N-dealkylation sites (tertiary alicyclic amines) is 1. The molecule has 0 N–H and O–H groups in total. The second-order valence-corrected chi connectivity index (χ2v) is 5.48. The van der Waals surface area contributed by atoms with E-state index in [1.807, 2.05) is 6.07 Å². The summed E-state index contributed by atoms with van der Waals surface area (Å²) in [5.74, 6) is 2.48. The predicted molar refractivity (Wildman–Crippen MR) is 76.2 cm³/mol. The van der Waals surface area contributed by atoms with Crippen molar-refractivity contribution in [3.8, 4) is 5.75 Å². The Morgan fingerprint density at radius 1 is 1.44 bits per heavy atom. The van der Waals surface area contributed by atoms with Crippen molar-refractivity contribution in [1.82, 2.24) is 4.90 Å². The highest BCUT2D eigenvalue weighted by Crippen LogP contribution is 2.36. The standard InChI is InChI=1S/C16H25NO/c1-4-6-16(14-9-10-17(2)12-14)13-7-5-8-15(11-13)18-3/h5,7-8,11,14,16H,4,6,9-10,12H2,1-3H3/t14-,16+/m1/s1. The van der Waals surface area contributed by atoms with Crippen LogP contribution in [0, 0.1) is 5.92 Å². The SMILES string of the molecule is CCC[C@@H](c1cccc(OC)c1)[C@@H]1CCN(C)C1. The fraction of sp³-hybridized carbons (Fsp3) is 0.625. The van der Waals surface area contributed by atoms with Gasteiger partial charge in [-0.1, -0.05) is 25.5 Å². The largest absolute Gasteiger partial charge is 0.497 e. The summed E-state index contributed by atoms with van der Waals surface area (Å²) in [4.78, 5) is 2.45. The average molecular weight is 247 g/mol. The summed E-state index contributed by atoms with van der Waals surface area (Å²) in [7, 11) is 3.98. The van der Waals surface area contributed by atoms with Gasteiger partial charge < -0.3 is 9.64 Å². The maximum absolute atomic E-state index is 5.36. The molecule has 0 amide bonds. The van der Waals surface area contributed by atoms with Crippen LogP contribution < -0.4 is 4.74 Å². The molecule has 0 radical (unpaired) electrons. The number of rotatable bonds is 5. The van der Waals surface area contributed by atoms with Gasteiger partial charge in [0, 0.05) is 6.54 Å². The van der Waals surface area contributed by atoms with Crippen molar-refractivity contribution in [1.29, 1.82) is 0 Å². The third-order valence-corrected chi connectivity index (χ3v) is 4.12. The summed E-state index contributed by atoms with van der Waals surface area (Å²) >= 11 is 0. The Morgan fingerprint density at radius 3 is 2.89 bits per heavy atom. The van der Waals surface area contributed by atoms with Gasteiger partial charge in [0.1, 0.15) is 5.75 Å². The van der Waals surface area contributed by atoms with Gasteiger partial charge in [0.05, 0.1) is 7.11 Å².